The molecule has 0 saturated carbocycles. The highest BCUT2D eigenvalue weighted by atomic mass is 14.9. The van der Waals surface area contributed by atoms with Crippen LogP contribution < -0.4 is 11.5 Å². The van der Waals surface area contributed by atoms with Crippen molar-refractivity contribution < 1.29 is 0 Å². The van der Waals surface area contributed by atoms with Crippen molar-refractivity contribution in [2.24, 2.45) is 0 Å². The van der Waals surface area contributed by atoms with Gasteiger partial charge in [0.2, 0.25) is 0 Å². The Hall–Kier alpha value is -2.49. The highest BCUT2D eigenvalue weighted by molar-refractivity contribution is 5.87. The van der Waals surface area contributed by atoms with Gasteiger partial charge in [0.1, 0.15) is 5.82 Å². The largest absolute Gasteiger partial charge is 0.398 e. The Balaban J connectivity index is 2.27. The summed E-state index contributed by atoms with van der Waals surface area (Å²) in [6, 6.07) is 13.3. The number of nitrogens with zero attached hydrogens (tertiary/aromatic N) is 1. The quantitative estimate of drug-likeness (QED) is 0.555. The normalized spacial score (nSPS) is 10.8. The van der Waals surface area contributed by atoms with Gasteiger partial charge < -0.3 is 16.5 Å². The number of nitrogen functional groups attached to an aromatic ring is 2. The van der Waals surface area contributed by atoms with E-state index in [9.17, 15) is 0 Å². The Morgan fingerprint density at radius 1 is 0.882 bits per heavy atom. The fraction of sp³-hybridized carbons (Fsp3) is 0. The lowest BCUT2D eigenvalue weighted by molar-refractivity contribution is 1.34. The van der Waals surface area contributed by atoms with Gasteiger partial charge in [0, 0.05) is 11.4 Å². The second kappa shape index (κ2) is 3.52. The molecule has 0 atom stereocenters. The predicted octanol–water partition coefficient (Wildman–Crippen LogP) is 2.39. The number of nitrogens with one attached hydrogen (secondary N) is 1. The van der Waals surface area contributed by atoms with Gasteiger partial charge in [-0.25, -0.2) is 4.98 Å². The molecule has 5 N–H and O–H groups in total. The van der Waals surface area contributed by atoms with Gasteiger partial charge in [-0.15, -0.1) is 0 Å². The number of nitrogens with two attached hydrogens (primary N) is 2. The summed E-state index contributed by atoms with van der Waals surface area (Å²) in [6.45, 7) is 0. The van der Waals surface area contributed by atoms with Crippen molar-refractivity contribution in [2.45, 2.75) is 0 Å². The number of hydrogen-bond acceptors (Lipinski definition) is 3. The number of benzene rings is 2. The summed E-state index contributed by atoms with van der Waals surface area (Å²) in [5.41, 5.74) is 15.8. The molecule has 0 bridgehead atoms. The summed E-state index contributed by atoms with van der Waals surface area (Å²) in [7, 11) is 0. The monoisotopic (exact) mass is 224 g/mol. The first-order valence-corrected chi connectivity index (χ1v) is 5.35. The molecular formula is C13H12N4. The third-order valence-corrected chi connectivity index (χ3v) is 2.76. The van der Waals surface area contributed by atoms with Crippen molar-refractivity contribution in [3.05, 3.63) is 42.5 Å². The Labute approximate surface area is 98.3 Å². The van der Waals surface area contributed by atoms with Gasteiger partial charge in [-0.1, -0.05) is 18.2 Å². The number of aromatic amines is 1. The smallest absolute Gasteiger partial charge is 0.142 e. The standard InChI is InChI=1S/C13H12N4/c14-8-4-3-5-9(15)12(8)13-16-10-6-1-2-7-11(10)17-13/h1-7H,14-15H2,(H,16,17). The van der Waals surface area contributed by atoms with Gasteiger partial charge in [-0.05, 0) is 24.3 Å². The molecule has 3 rings (SSSR count). The van der Waals surface area contributed by atoms with Crippen molar-refractivity contribution in [1.29, 1.82) is 0 Å². The molecule has 4 heteroatoms. The average Bonchev–Trinajstić information content (AvgIpc) is 2.71. The van der Waals surface area contributed by atoms with Crippen LogP contribution in [0.3, 0.4) is 0 Å². The van der Waals surface area contributed by atoms with Gasteiger partial charge in [-0.3, -0.25) is 0 Å². The molecule has 0 amide bonds. The second-order valence-corrected chi connectivity index (χ2v) is 3.91. The van der Waals surface area contributed by atoms with Gasteiger partial charge in [0.15, 0.2) is 0 Å². The van der Waals surface area contributed by atoms with Crippen LogP contribution in [0, 0.1) is 0 Å². The first-order chi connectivity index (χ1) is 8.25. The van der Waals surface area contributed by atoms with Crippen molar-refractivity contribution in [3.8, 4) is 11.4 Å². The number of aromatic nitrogens is 2. The Kier molecular flexibility index (Phi) is 2.01. The lowest BCUT2D eigenvalue weighted by atomic mass is 10.1. The highest BCUT2D eigenvalue weighted by Gasteiger charge is 2.10. The van der Waals surface area contributed by atoms with E-state index in [1.54, 1.807) is 0 Å². The number of rotatable bonds is 1. The first kappa shape index (κ1) is 9.72. The van der Waals surface area contributed by atoms with E-state index in [0.29, 0.717) is 17.2 Å². The van der Waals surface area contributed by atoms with E-state index < -0.39 is 0 Å². The van der Waals surface area contributed by atoms with Crippen LogP contribution in [-0.2, 0) is 0 Å². The molecule has 2 aromatic carbocycles. The molecule has 1 aromatic heterocycles. The van der Waals surface area contributed by atoms with Gasteiger partial charge >= 0.3 is 0 Å². The van der Waals surface area contributed by atoms with Crippen LogP contribution in [0.15, 0.2) is 42.5 Å². The lowest BCUT2D eigenvalue weighted by Crippen LogP contribution is -1.96. The molecule has 0 fully saturated rings. The fourth-order valence-electron chi connectivity index (χ4n) is 1.93. The minimum Gasteiger partial charge on any atom is -0.398 e. The molecule has 1 heterocycles. The van der Waals surface area contributed by atoms with E-state index in [2.05, 4.69) is 9.97 Å². The zero-order valence-electron chi connectivity index (χ0n) is 9.14. The molecule has 84 valence electrons. The van der Waals surface area contributed by atoms with Crippen LogP contribution in [0.25, 0.3) is 22.4 Å². The summed E-state index contributed by atoms with van der Waals surface area (Å²) >= 11 is 0. The van der Waals surface area contributed by atoms with Crippen LogP contribution in [0.2, 0.25) is 0 Å². The molecule has 3 aromatic rings. The Bertz CT molecular complexity index is 631. The minimum atomic E-state index is 0.629. The summed E-state index contributed by atoms with van der Waals surface area (Å²) in [6.07, 6.45) is 0. The molecule has 0 aliphatic heterocycles. The SMILES string of the molecule is Nc1cccc(N)c1-c1nc2ccccc2[nH]1. The molecule has 0 saturated heterocycles. The van der Waals surface area contributed by atoms with Gasteiger partial charge in [0.05, 0.1) is 16.6 Å². The van der Waals surface area contributed by atoms with E-state index >= 15 is 0 Å². The molecule has 0 unspecified atom stereocenters. The Morgan fingerprint density at radius 3 is 2.29 bits per heavy atom. The van der Waals surface area contributed by atoms with Crippen molar-refractivity contribution in [1.82, 2.24) is 9.97 Å². The van der Waals surface area contributed by atoms with E-state index in [1.807, 2.05) is 42.5 Å². The van der Waals surface area contributed by atoms with Crippen molar-refractivity contribution in [3.63, 3.8) is 0 Å². The van der Waals surface area contributed by atoms with Crippen LogP contribution >= 0.6 is 0 Å². The molecule has 17 heavy (non-hydrogen) atoms. The lowest BCUT2D eigenvalue weighted by Gasteiger charge is -2.05. The zero-order chi connectivity index (χ0) is 11.8. The van der Waals surface area contributed by atoms with E-state index in [1.165, 1.54) is 0 Å². The number of hydrogen-bond donors (Lipinski definition) is 3. The summed E-state index contributed by atoms with van der Waals surface area (Å²) < 4.78 is 0. The molecule has 0 radical (unpaired) electrons. The fourth-order valence-corrected chi connectivity index (χ4v) is 1.93. The number of para-hydroxylation sites is 2. The Morgan fingerprint density at radius 2 is 1.59 bits per heavy atom. The predicted molar refractivity (Wildman–Crippen MR) is 70.4 cm³/mol. The minimum absolute atomic E-state index is 0.629. The first-order valence-electron chi connectivity index (χ1n) is 5.35. The summed E-state index contributed by atoms with van der Waals surface area (Å²) in [4.78, 5) is 7.71. The van der Waals surface area contributed by atoms with Crippen molar-refractivity contribution in [2.75, 3.05) is 11.5 Å². The van der Waals surface area contributed by atoms with E-state index in [4.69, 9.17) is 11.5 Å². The maximum Gasteiger partial charge on any atom is 0.142 e. The topological polar surface area (TPSA) is 80.7 Å². The third kappa shape index (κ3) is 1.50. The van der Waals surface area contributed by atoms with Crippen LogP contribution in [0.4, 0.5) is 11.4 Å². The van der Waals surface area contributed by atoms with Crippen LogP contribution in [0.5, 0.6) is 0 Å². The third-order valence-electron chi connectivity index (χ3n) is 2.76. The number of imidazole rings is 1. The van der Waals surface area contributed by atoms with Crippen LogP contribution in [0.1, 0.15) is 0 Å². The maximum absolute atomic E-state index is 5.94. The molecule has 0 aliphatic carbocycles. The molecule has 0 aliphatic rings. The maximum atomic E-state index is 5.94. The van der Waals surface area contributed by atoms with E-state index in [0.717, 1.165) is 16.6 Å². The molecule has 0 spiro atoms. The highest BCUT2D eigenvalue weighted by Crippen LogP contribution is 2.30. The number of fused-ring (bicyclic) bond motifs is 1. The van der Waals surface area contributed by atoms with Gasteiger partial charge in [-0.2, -0.15) is 0 Å². The number of anilines is 2. The second-order valence-electron chi connectivity index (χ2n) is 3.91. The summed E-state index contributed by atoms with van der Waals surface area (Å²) in [5, 5.41) is 0. The zero-order valence-corrected chi connectivity index (χ0v) is 9.14. The molecule has 4 nitrogen and oxygen atoms in total. The van der Waals surface area contributed by atoms with Crippen molar-refractivity contribution >= 4 is 22.4 Å². The van der Waals surface area contributed by atoms with Crippen LogP contribution in [-0.4, -0.2) is 9.97 Å². The van der Waals surface area contributed by atoms with E-state index in [-0.39, 0.29) is 0 Å². The molecular weight excluding hydrogens is 212 g/mol. The summed E-state index contributed by atoms with van der Waals surface area (Å²) in [5.74, 6) is 0.710. The average molecular weight is 224 g/mol. The number of H-pyrrole nitrogens is 1. The van der Waals surface area contributed by atoms with Gasteiger partial charge in [0.25, 0.3) is 0 Å².